The van der Waals surface area contributed by atoms with Gasteiger partial charge in [0.1, 0.15) is 11.3 Å². The molecular weight excluding hydrogens is 214 g/mol. The van der Waals surface area contributed by atoms with Gasteiger partial charge in [-0.2, -0.15) is 0 Å². The molecule has 1 heterocycles. The Kier molecular flexibility index (Phi) is 3.75. The lowest BCUT2D eigenvalue weighted by Gasteiger charge is -2.20. The summed E-state index contributed by atoms with van der Waals surface area (Å²) >= 11 is 0. The Balaban J connectivity index is 2.60. The van der Waals surface area contributed by atoms with Gasteiger partial charge < -0.3 is 20.5 Å². The Morgan fingerprint density at radius 3 is 2.88 bits per heavy atom. The summed E-state index contributed by atoms with van der Waals surface area (Å²) < 4.78 is 0. The zero-order valence-corrected chi connectivity index (χ0v) is 8.73. The second-order valence-electron chi connectivity index (χ2n) is 3.63. The molecule has 16 heavy (non-hydrogen) atoms. The van der Waals surface area contributed by atoms with E-state index in [1.54, 1.807) is 0 Å². The summed E-state index contributed by atoms with van der Waals surface area (Å²) in [6, 6.07) is 0. The minimum absolute atomic E-state index is 0.0355. The number of hydrogen-bond acceptors (Lipinski definition) is 5. The third-order valence-electron chi connectivity index (χ3n) is 1.88. The van der Waals surface area contributed by atoms with Crippen LogP contribution in [0.4, 0.5) is 0 Å². The van der Waals surface area contributed by atoms with Gasteiger partial charge in [-0.3, -0.25) is 9.59 Å². The first-order valence-corrected chi connectivity index (χ1v) is 4.61. The SMILES string of the molecule is CC(O)(CO)CNC(=O)c1c[nH]c(=O)cn1. The Morgan fingerprint density at radius 2 is 2.38 bits per heavy atom. The predicted octanol–water partition coefficient (Wildman–Crippen LogP) is -1.76. The van der Waals surface area contributed by atoms with Crippen LogP contribution in [0.1, 0.15) is 17.4 Å². The summed E-state index contributed by atoms with van der Waals surface area (Å²) in [7, 11) is 0. The van der Waals surface area contributed by atoms with Crippen molar-refractivity contribution in [3.8, 4) is 0 Å². The van der Waals surface area contributed by atoms with Gasteiger partial charge in [0.05, 0.1) is 12.8 Å². The lowest BCUT2D eigenvalue weighted by molar-refractivity contribution is 0.00316. The quantitative estimate of drug-likeness (QED) is 0.486. The number of carbonyl (C=O) groups excluding carboxylic acids is 1. The fourth-order valence-corrected chi connectivity index (χ4v) is 0.884. The average molecular weight is 227 g/mol. The van der Waals surface area contributed by atoms with E-state index in [4.69, 9.17) is 5.11 Å². The van der Waals surface area contributed by atoms with E-state index in [1.807, 2.05) is 0 Å². The summed E-state index contributed by atoms with van der Waals surface area (Å²) in [6.07, 6.45) is 2.16. The number of carbonyl (C=O) groups is 1. The Morgan fingerprint density at radius 1 is 1.69 bits per heavy atom. The molecule has 0 saturated carbocycles. The molecular formula is C9H13N3O4. The van der Waals surface area contributed by atoms with Crippen LogP contribution in [0.2, 0.25) is 0 Å². The maximum Gasteiger partial charge on any atom is 0.271 e. The van der Waals surface area contributed by atoms with Gasteiger partial charge in [-0.25, -0.2) is 4.98 Å². The molecule has 0 bridgehead atoms. The molecule has 1 amide bonds. The first kappa shape index (κ1) is 12.3. The van der Waals surface area contributed by atoms with Crippen LogP contribution in [0.3, 0.4) is 0 Å². The first-order valence-electron chi connectivity index (χ1n) is 4.61. The van der Waals surface area contributed by atoms with Crippen LogP contribution in [0.15, 0.2) is 17.2 Å². The van der Waals surface area contributed by atoms with Crippen LogP contribution in [-0.2, 0) is 0 Å². The van der Waals surface area contributed by atoms with E-state index in [9.17, 15) is 14.7 Å². The summed E-state index contributed by atoms with van der Waals surface area (Å²) in [5.74, 6) is -0.537. The maximum atomic E-state index is 11.4. The molecule has 0 radical (unpaired) electrons. The van der Waals surface area contributed by atoms with Gasteiger partial charge in [0.15, 0.2) is 0 Å². The van der Waals surface area contributed by atoms with E-state index in [1.165, 1.54) is 13.1 Å². The summed E-state index contributed by atoms with van der Waals surface area (Å²) in [6.45, 7) is 0.809. The second kappa shape index (κ2) is 4.86. The van der Waals surface area contributed by atoms with Crippen molar-refractivity contribution in [1.82, 2.24) is 15.3 Å². The molecule has 1 atom stereocenters. The van der Waals surface area contributed by atoms with Crippen LogP contribution in [0.25, 0.3) is 0 Å². The number of aromatic nitrogens is 2. The summed E-state index contributed by atoms with van der Waals surface area (Å²) in [4.78, 5) is 28.0. The van der Waals surface area contributed by atoms with Gasteiger partial charge in [-0.15, -0.1) is 0 Å². The number of rotatable bonds is 4. The van der Waals surface area contributed by atoms with E-state index in [-0.39, 0.29) is 12.2 Å². The van der Waals surface area contributed by atoms with E-state index in [2.05, 4.69) is 15.3 Å². The van der Waals surface area contributed by atoms with Crippen molar-refractivity contribution >= 4 is 5.91 Å². The van der Waals surface area contributed by atoms with Gasteiger partial charge in [0.25, 0.3) is 11.5 Å². The molecule has 4 N–H and O–H groups in total. The monoisotopic (exact) mass is 227 g/mol. The molecule has 0 aliphatic carbocycles. The van der Waals surface area contributed by atoms with E-state index in [0.29, 0.717) is 0 Å². The molecule has 1 rings (SSSR count). The Labute approximate surface area is 91.2 Å². The van der Waals surface area contributed by atoms with Crippen molar-refractivity contribution in [2.45, 2.75) is 12.5 Å². The standard InChI is InChI=1S/C9H13N3O4/c1-9(16,5-13)4-12-8(15)6-2-11-7(14)3-10-6/h2-3,13,16H,4-5H2,1H3,(H,11,14)(H,12,15). The summed E-state index contributed by atoms with van der Waals surface area (Å²) in [5, 5.41) is 20.5. The van der Waals surface area contributed by atoms with E-state index in [0.717, 1.165) is 6.20 Å². The zero-order valence-electron chi connectivity index (χ0n) is 8.73. The van der Waals surface area contributed by atoms with Gasteiger partial charge in [-0.05, 0) is 6.92 Å². The van der Waals surface area contributed by atoms with Crippen molar-refractivity contribution in [3.63, 3.8) is 0 Å². The van der Waals surface area contributed by atoms with Gasteiger partial charge >= 0.3 is 0 Å². The van der Waals surface area contributed by atoms with Gasteiger partial charge in [0, 0.05) is 12.7 Å². The second-order valence-corrected chi connectivity index (χ2v) is 3.63. The van der Waals surface area contributed by atoms with Crippen molar-refractivity contribution < 1.29 is 15.0 Å². The minimum atomic E-state index is -1.38. The lowest BCUT2D eigenvalue weighted by atomic mass is 10.1. The first-order chi connectivity index (χ1) is 7.44. The number of hydrogen-bond donors (Lipinski definition) is 4. The predicted molar refractivity (Wildman–Crippen MR) is 54.9 cm³/mol. The Hall–Kier alpha value is -1.73. The van der Waals surface area contributed by atoms with Crippen LogP contribution in [0.5, 0.6) is 0 Å². The number of nitrogens with zero attached hydrogens (tertiary/aromatic N) is 1. The summed E-state index contributed by atoms with van der Waals surface area (Å²) in [5.41, 5.74) is -1.75. The minimum Gasteiger partial charge on any atom is -0.393 e. The highest BCUT2D eigenvalue weighted by molar-refractivity contribution is 5.91. The van der Waals surface area contributed by atoms with Gasteiger partial charge in [0.2, 0.25) is 0 Å². The normalized spacial score (nSPS) is 14.2. The number of aliphatic hydroxyl groups is 2. The number of H-pyrrole nitrogens is 1. The average Bonchev–Trinajstić information content (AvgIpc) is 2.27. The third kappa shape index (κ3) is 3.44. The fraction of sp³-hybridized carbons (Fsp3) is 0.444. The lowest BCUT2D eigenvalue weighted by Crippen LogP contribution is -2.43. The van der Waals surface area contributed by atoms with Crippen LogP contribution < -0.4 is 10.9 Å². The fourth-order valence-electron chi connectivity index (χ4n) is 0.884. The van der Waals surface area contributed by atoms with Crippen LogP contribution >= 0.6 is 0 Å². The van der Waals surface area contributed by atoms with Crippen LogP contribution in [0, 0.1) is 0 Å². The smallest absolute Gasteiger partial charge is 0.271 e. The molecule has 7 nitrogen and oxygen atoms in total. The molecule has 0 aliphatic rings. The molecule has 0 spiro atoms. The maximum absolute atomic E-state index is 11.4. The molecule has 7 heteroatoms. The van der Waals surface area contributed by atoms with Crippen molar-refractivity contribution in [3.05, 3.63) is 28.4 Å². The molecule has 0 aromatic carbocycles. The largest absolute Gasteiger partial charge is 0.393 e. The zero-order chi connectivity index (χ0) is 12.2. The highest BCUT2D eigenvalue weighted by Gasteiger charge is 2.20. The molecule has 1 unspecified atom stereocenters. The Bertz CT molecular complexity index is 407. The molecule has 88 valence electrons. The number of amides is 1. The molecule has 1 aromatic rings. The highest BCUT2D eigenvalue weighted by atomic mass is 16.3. The molecule has 1 aromatic heterocycles. The molecule has 0 aliphatic heterocycles. The third-order valence-corrected chi connectivity index (χ3v) is 1.88. The van der Waals surface area contributed by atoms with Crippen molar-refractivity contribution in [1.29, 1.82) is 0 Å². The number of aromatic amines is 1. The van der Waals surface area contributed by atoms with E-state index >= 15 is 0 Å². The molecule has 0 saturated heterocycles. The highest BCUT2D eigenvalue weighted by Crippen LogP contribution is 1.99. The van der Waals surface area contributed by atoms with Gasteiger partial charge in [-0.1, -0.05) is 0 Å². The molecule has 0 fully saturated rings. The van der Waals surface area contributed by atoms with E-state index < -0.39 is 23.7 Å². The van der Waals surface area contributed by atoms with Crippen molar-refractivity contribution in [2.75, 3.05) is 13.2 Å². The van der Waals surface area contributed by atoms with Crippen LogP contribution in [-0.4, -0.2) is 44.8 Å². The number of nitrogens with one attached hydrogen (secondary N) is 2. The number of aliphatic hydroxyl groups excluding tert-OH is 1. The topological polar surface area (TPSA) is 115 Å². The van der Waals surface area contributed by atoms with Crippen molar-refractivity contribution in [2.24, 2.45) is 0 Å².